The summed E-state index contributed by atoms with van der Waals surface area (Å²) in [5.41, 5.74) is 0.266. The maximum absolute atomic E-state index is 11.3. The second kappa shape index (κ2) is 3.37. The predicted molar refractivity (Wildman–Crippen MR) is 47.4 cm³/mol. The number of hydrogen-bond acceptors (Lipinski definition) is 4. The fourth-order valence-electron chi connectivity index (χ4n) is 0.777. The highest BCUT2D eigenvalue weighted by atomic mass is 32.2. The average Bonchev–Trinajstić information content (AvgIpc) is 2.52. The fourth-order valence-corrected chi connectivity index (χ4v) is 3.21. The van der Waals surface area contributed by atoms with Gasteiger partial charge in [-0.15, -0.1) is 11.3 Å². The van der Waals surface area contributed by atoms with E-state index in [2.05, 4.69) is 0 Å². The third-order valence-corrected chi connectivity index (χ3v) is 4.78. The van der Waals surface area contributed by atoms with Crippen LogP contribution in [-0.2, 0) is 9.84 Å². The van der Waals surface area contributed by atoms with Crippen LogP contribution in [0.2, 0.25) is 0 Å². The van der Waals surface area contributed by atoms with Gasteiger partial charge in [0.1, 0.15) is 4.21 Å². The Kier molecular flexibility index (Phi) is 2.64. The SMILES string of the molecule is CCS(=O)(=O)c1sccc1C=O. The number of aldehydes is 1. The van der Waals surface area contributed by atoms with Crippen molar-refractivity contribution >= 4 is 27.5 Å². The van der Waals surface area contributed by atoms with Gasteiger partial charge in [0, 0.05) is 5.56 Å². The zero-order chi connectivity index (χ0) is 9.19. The molecule has 0 amide bonds. The molecule has 0 aliphatic rings. The highest BCUT2D eigenvalue weighted by Gasteiger charge is 2.17. The summed E-state index contributed by atoms with van der Waals surface area (Å²) in [5, 5.41) is 1.60. The summed E-state index contributed by atoms with van der Waals surface area (Å²) in [6.45, 7) is 1.56. The highest BCUT2D eigenvalue weighted by Crippen LogP contribution is 2.21. The molecule has 66 valence electrons. The Bertz CT molecular complexity index is 375. The van der Waals surface area contributed by atoms with E-state index in [1.165, 1.54) is 6.07 Å². The molecule has 12 heavy (non-hydrogen) atoms. The van der Waals surface area contributed by atoms with Crippen molar-refractivity contribution in [1.29, 1.82) is 0 Å². The van der Waals surface area contributed by atoms with Crippen molar-refractivity contribution in [3.63, 3.8) is 0 Å². The molecular weight excluding hydrogens is 196 g/mol. The molecule has 0 aromatic carbocycles. The Hall–Kier alpha value is -0.680. The molecular formula is C7H8O3S2. The first-order chi connectivity index (χ1) is 5.61. The van der Waals surface area contributed by atoms with Crippen molar-refractivity contribution in [3.05, 3.63) is 17.0 Å². The first kappa shape index (κ1) is 9.41. The van der Waals surface area contributed by atoms with Gasteiger partial charge in [0.2, 0.25) is 0 Å². The third kappa shape index (κ3) is 1.56. The molecule has 1 aromatic heterocycles. The number of rotatable bonds is 3. The smallest absolute Gasteiger partial charge is 0.188 e. The van der Waals surface area contributed by atoms with E-state index in [9.17, 15) is 13.2 Å². The highest BCUT2D eigenvalue weighted by molar-refractivity contribution is 7.93. The number of sulfone groups is 1. The molecule has 0 N–H and O–H groups in total. The molecule has 1 aromatic rings. The van der Waals surface area contributed by atoms with Gasteiger partial charge < -0.3 is 0 Å². The summed E-state index contributed by atoms with van der Waals surface area (Å²) < 4.78 is 22.8. The molecule has 0 radical (unpaired) electrons. The quantitative estimate of drug-likeness (QED) is 0.698. The Morgan fingerprint density at radius 1 is 1.58 bits per heavy atom. The van der Waals surface area contributed by atoms with E-state index in [-0.39, 0.29) is 15.5 Å². The van der Waals surface area contributed by atoms with Gasteiger partial charge in [-0.3, -0.25) is 4.79 Å². The minimum absolute atomic E-state index is 0.0361. The zero-order valence-electron chi connectivity index (χ0n) is 6.48. The van der Waals surface area contributed by atoms with Gasteiger partial charge in [0.25, 0.3) is 0 Å². The Labute approximate surface area is 75.0 Å². The summed E-state index contributed by atoms with van der Waals surface area (Å²) in [7, 11) is -3.21. The van der Waals surface area contributed by atoms with E-state index in [1.807, 2.05) is 0 Å². The summed E-state index contributed by atoms with van der Waals surface area (Å²) in [5.74, 6) is 0.0361. The van der Waals surface area contributed by atoms with Crippen LogP contribution in [0, 0.1) is 0 Å². The lowest BCUT2D eigenvalue weighted by atomic mass is 10.4. The molecule has 3 nitrogen and oxygen atoms in total. The molecule has 1 rings (SSSR count). The van der Waals surface area contributed by atoms with Gasteiger partial charge in [-0.1, -0.05) is 6.92 Å². The van der Waals surface area contributed by atoms with Crippen molar-refractivity contribution in [2.75, 3.05) is 5.75 Å². The molecule has 0 saturated carbocycles. The molecule has 0 bridgehead atoms. The minimum Gasteiger partial charge on any atom is -0.298 e. The van der Waals surface area contributed by atoms with Gasteiger partial charge in [-0.05, 0) is 11.4 Å². The summed E-state index contributed by atoms with van der Waals surface area (Å²) in [6.07, 6.45) is 0.568. The van der Waals surface area contributed by atoms with E-state index in [1.54, 1.807) is 12.3 Å². The van der Waals surface area contributed by atoms with Crippen LogP contribution >= 0.6 is 11.3 Å². The normalized spacial score (nSPS) is 11.4. The van der Waals surface area contributed by atoms with Gasteiger partial charge in [-0.2, -0.15) is 0 Å². The maximum Gasteiger partial charge on any atom is 0.188 e. The van der Waals surface area contributed by atoms with Crippen LogP contribution in [0.1, 0.15) is 17.3 Å². The van der Waals surface area contributed by atoms with Crippen molar-refractivity contribution < 1.29 is 13.2 Å². The van der Waals surface area contributed by atoms with E-state index in [0.29, 0.717) is 6.29 Å². The average molecular weight is 204 g/mol. The summed E-state index contributed by atoms with van der Waals surface area (Å²) in [6, 6.07) is 1.51. The van der Waals surface area contributed by atoms with Crippen LogP contribution in [-0.4, -0.2) is 20.5 Å². The molecule has 0 aliphatic carbocycles. The standard InChI is InChI=1S/C7H8O3S2/c1-2-12(9,10)7-6(5-8)3-4-11-7/h3-5H,2H2,1H3. The van der Waals surface area contributed by atoms with Crippen molar-refractivity contribution in [1.82, 2.24) is 0 Å². The molecule has 1 heterocycles. The van der Waals surface area contributed by atoms with E-state index >= 15 is 0 Å². The van der Waals surface area contributed by atoms with Gasteiger partial charge in [0.05, 0.1) is 5.75 Å². The Morgan fingerprint density at radius 2 is 2.25 bits per heavy atom. The van der Waals surface area contributed by atoms with Crippen molar-refractivity contribution in [3.8, 4) is 0 Å². The van der Waals surface area contributed by atoms with Gasteiger partial charge in [0.15, 0.2) is 16.1 Å². The zero-order valence-corrected chi connectivity index (χ0v) is 8.11. The Morgan fingerprint density at radius 3 is 2.75 bits per heavy atom. The predicted octanol–water partition coefficient (Wildman–Crippen LogP) is 1.35. The second-order valence-electron chi connectivity index (χ2n) is 2.18. The molecule has 5 heteroatoms. The molecule has 0 aliphatic heterocycles. The number of carbonyl (C=O) groups excluding carboxylic acids is 1. The van der Waals surface area contributed by atoms with Gasteiger partial charge in [-0.25, -0.2) is 8.42 Å². The van der Waals surface area contributed by atoms with Crippen LogP contribution in [0.4, 0.5) is 0 Å². The molecule has 0 atom stereocenters. The first-order valence-corrected chi connectivity index (χ1v) is 5.90. The van der Waals surface area contributed by atoms with Crippen molar-refractivity contribution in [2.45, 2.75) is 11.1 Å². The van der Waals surface area contributed by atoms with Gasteiger partial charge >= 0.3 is 0 Å². The fraction of sp³-hybridized carbons (Fsp3) is 0.286. The third-order valence-electron chi connectivity index (χ3n) is 1.45. The molecule has 0 saturated heterocycles. The molecule has 0 fully saturated rings. The topological polar surface area (TPSA) is 51.2 Å². The number of hydrogen-bond donors (Lipinski definition) is 0. The largest absolute Gasteiger partial charge is 0.298 e. The number of carbonyl (C=O) groups is 1. The summed E-state index contributed by atoms with van der Waals surface area (Å²) in [4.78, 5) is 10.4. The van der Waals surface area contributed by atoms with Crippen LogP contribution in [0.3, 0.4) is 0 Å². The van der Waals surface area contributed by atoms with E-state index in [0.717, 1.165) is 11.3 Å². The monoisotopic (exact) mass is 204 g/mol. The lowest BCUT2D eigenvalue weighted by Crippen LogP contribution is -2.03. The minimum atomic E-state index is -3.21. The number of thiophene rings is 1. The molecule has 0 unspecified atom stereocenters. The van der Waals surface area contributed by atoms with E-state index < -0.39 is 9.84 Å². The second-order valence-corrected chi connectivity index (χ2v) is 5.57. The Balaban J connectivity index is 3.28. The lowest BCUT2D eigenvalue weighted by Gasteiger charge is -1.96. The van der Waals surface area contributed by atoms with E-state index in [4.69, 9.17) is 0 Å². The summed E-state index contributed by atoms with van der Waals surface area (Å²) >= 11 is 1.09. The first-order valence-electron chi connectivity index (χ1n) is 3.37. The van der Waals surface area contributed by atoms with Crippen LogP contribution in [0.15, 0.2) is 15.7 Å². The van der Waals surface area contributed by atoms with Crippen molar-refractivity contribution in [2.24, 2.45) is 0 Å². The maximum atomic E-state index is 11.3. The van der Waals surface area contributed by atoms with Crippen LogP contribution in [0.25, 0.3) is 0 Å². The van der Waals surface area contributed by atoms with Crippen LogP contribution < -0.4 is 0 Å². The molecule has 0 spiro atoms. The van der Waals surface area contributed by atoms with Crippen LogP contribution in [0.5, 0.6) is 0 Å². The lowest BCUT2D eigenvalue weighted by molar-refractivity contribution is 0.112.